The Kier molecular flexibility index (Phi) is 3.56. The van der Waals surface area contributed by atoms with Crippen molar-refractivity contribution in [2.75, 3.05) is 4.90 Å². The number of halogens is 1. The molecular weight excluding hydrogens is 323 g/mol. The second-order valence-electron chi connectivity index (χ2n) is 7.33. The van der Waals surface area contributed by atoms with Crippen molar-refractivity contribution in [3.63, 3.8) is 0 Å². The smallest absolute Gasteiger partial charge is 0.358 e. The molecule has 0 radical (unpaired) electrons. The van der Waals surface area contributed by atoms with Crippen LogP contribution in [-0.4, -0.2) is 20.4 Å². The van der Waals surface area contributed by atoms with Gasteiger partial charge >= 0.3 is 5.82 Å². The molecule has 1 fully saturated rings. The van der Waals surface area contributed by atoms with E-state index in [0.717, 1.165) is 43.4 Å². The van der Waals surface area contributed by atoms with Crippen molar-refractivity contribution in [2.24, 2.45) is 0 Å². The number of H-pyrrole nitrogens is 1. The molecule has 25 heavy (non-hydrogen) atoms. The van der Waals surface area contributed by atoms with Gasteiger partial charge in [-0.1, -0.05) is 19.8 Å². The van der Waals surface area contributed by atoms with E-state index in [0.29, 0.717) is 11.6 Å². The molecule has 1 aliphatic heterocycles. The first-order valence-corrected chi connectivity index (χ1v) is 8.72. The third-order valence-electron chi connectivity index (χ3n) is 5.64. The molecule has 1 aliphatic carbocycles. The molecule has 1 spiro atoms. The molecule has 6 nitrogen and oxygen atoms in total. The molecule has 2 aliphatic rings. The van der Waals surface area contributed by atoms with Crippen molar-refractivity contribution in [3.05, 3.63) is 45.5 Å². The number of nitro groups is 1. The first kappa shape index (κ1) is 16.1. The maximum atomic E-state index is 13.8. The Morgan fingerprint density at radius 2 is 2.12 bits per heavy atom. The minimum Gasteiger partial charge on any atom is -0.358 e. The van der Waals surface area contributed by atoms with Crippen LogP contribution in [0.25, 0.3) is 0 Å². The van der Waals surface area contributed by atoms with Crippen LogP contribution in [0, 0.1) is 22.9 Å². The number of aromatic nitrogens is 2. The molecule has 7 heteroatoms. The highest BCUT2D eigenvalue weighted by Crippen LogP contribution is 2.54. The number of rotatable bonds is 2. The average Bonchev–Trinajstić information content (AvgIpc) is 3.16. The van der Waals surface area contributed by atoms with E-state index in [1.165, 1.54) is 6.07 Å². The predicted octanol–water partition coefficient (Wildman–Crippen LogP) is 4.72. The van der Waals surface area contributed by atoms with E-state index in [-0.39, 0.29) is 23.1 Å². The van der Waals surface area contributed by atoms with Crippen LogP contribution in [0.4, 0.5) is 21.7 Å². The maximum Gasteiger partial charge on any atom is 0.365 e. The van der Waals surface area contributed by atoms with E-state index in [1.54, 1.807) is 19.1 Å². The number of hydrogen-bond donors (Lipinski definition) is 1. The molecule has 1 aromatic carbocycles. The minimum atomic E-state index is -0.417. The van der Waals surface area contributed by atoms with Crippen LogP contribution in [0.2, 0.25) is 0 Å². The van der Waals surface area contributed by atoms with Crippen LogP contribution in [-0.2, 0) is 0 Å². The lowest BCUT2D eigenvalue weighted by molar-refractivity contribution is -0.388. The quantitative estimate of drug-likeness (QED) is 0.631. The van der Waals surface area contributed by atoms with Crippen molar-refractivity contribution >= 4 is 17.3 Å². The van der Waals surface area contributed by atoms with E-state index >= 15 is 0 Å². The summed E-state index contributed by atoms with van der Waals surface area (Å²) in [6.07, 6.45) is 4.98. The van der Waals surface area contributed by atoms with Gasteiger partial charge < -0.3 is 15.0 Å². The Balaban J connectivity index is 1.96. The number of imidazole rings is 1. The van der Waals surface area contributed by atoms with Gasteiger partial charge in [0.2, 0.25) is 5.82 Å². The van der Waals surface area contributed by atoms with Gasteiger partial charge in [-0.25, -0.2) is 9.37 Å². The van der Waals surface area contributed by atoms with Crippen LogP contribution in [0.1, 0.15) is 56.3 Å². The Bertz CT molecular complexity index is 842. The van der Waals surface area contributed by atoms with Gasteiger partial charge in [0, 0.05) is 18.2 Å². The number of nitrogens with zero attached hydrogens (tertiary/aromatic N) is 3. The standard InChI is InChI=1S/C18H21FN4O2/c1-11-10-18(7-3-4-8-18)22(15-6-5-13(19)9-14(11)15)16-17(23(24)25)21-12(2)20-16/h5-6,9,11H,3-4,7-8,10H2,1-2H3,(H,20,21). The van der Waals surface area contributed by atoms with Crippen molar-refractivity contribution in [3.8, 4) is 0 Å². The zero-order valence-electron chi connectivity index (χ0n) is 14.4. The van der Waals surface area contributed by atoms with Crippen LogP contribution in [0.15, 0.2) is 18.2 Å². The summed E-state index contributed by atoms with van der Waals surface area (Å²) in [7, 11) is 0. The van der Waals surface area contributed by atoms with Gasteiger partial charge in [0.05, 0.1) is 0 Å². The predicted molar refractivity (Wildman–Crippen MR) is 92.7 cm³/mol. The van der Waals surface area contributed by atoms with Crippen molar-refractivity contribution in [2.45, 2.75) is 57.4 Å². The van der Waals surface area contributed by atoms with Crippen molar-refractivity contribution in [1.82, 2.24) is 9.97 Å². The topological polar surface area (TPSA) is 75.1 Å². The van der Waals surface area contributed by atoms with E-state index in [1.807, 2.05) is 4.90 Å². The molecule has 132 valence electrons. The summed E-state index contributed by atoms with van der Waals surface area (Å²) in [6.45, 7) is 3.83. The Labute approximate surface area is 145 Å². The molecule has 1 atom stereocenters. The fraction of sp³-hybridized carbons (Fsp3) is 0.500. The highest BCUT2D eigenvalue weighted by atomic mass is 19.1. The van der Waals surface area contributed by atoms with E-state index in [4.69, 9.17) is 0 Å². The largest absolute Gasteiger partial charge is 0.365 e. The monoisotopic (exact) mass is 344 g/mol. The van der Waals surface area contributed by atoms with Crippen molar-refractivity contribution < 1.29 is 9.31 Å². The Morgan fingerprint density at radius 3 is 2.80 bits per heavy atom. The molecular formula is C18H21FN4O2. The molecule has 1 aromatic heterocycles. The van der Waals surface area contributed by atoms with E-state index < -0.39 is 4.92 Å². The van der Waals surface area contributed by atoms with Crippen LogP contribution in [0.3, 0.4) is 0 Å². The van der Waals surface area contributed by atoms with Crippen LogP contribution < -0.4 is 4.90 Å². The SMILES string of the molecule is Cc1nc(N2c3ccc(F)cc3C(C)CC23CCCC3)c([N+](=O)[O-])[nH]1. The summed E-state index contributed by atoms with van der Waals surface area (Å²) in [5, 5.41) is 11.6. The number of benzene rings is 1. The molecule has 4 rings (SSSR count). The highest BCUT2D eigenvalue weighted by Gasteiger charge is 2.48. The number of fused-ring (bicyclic) bond motifs is 1. The van der Waals surface area contributed by atoms with Crippen LogP contribution >= 0.6 is 0 Å². The molecule has 2 aromatic rings. The van der Waals surface area contributed by atoms with Crippen molar-refractivity contribution in [1.29, 1.82) is 0 Å². The Morgan fingerprint density at radius 1 is 1.40 bits per heavy atom. The molecule has 1 N–H and O–H groups in total. The van der Waals surface area contributed by atoms with Gasteiger partial charge in [0.15, 0.2) is 5.82 Å². The molecule has 0 bridgehead atoms. The maximum absolute atomic E-state index is 13.8. The summed E-state index contributed by atoms with van der Waals surface area (Å²) in [6, 6.07) is 4.73. The number of anilines is 2. The van der Waals surface area contributed by atoms with Gasteiger partial charge in [-0.15, -0.1) is 0 Å². The molecule has 2 heterocycles. The summed E-state index contributed by atoms with van der Waals surface area (Å²) in [4.78, 5) is 20.4. The zero-order chi connectivity index (χ0) is 17.8. The lowest BCUT2D eigenvalue weighted by Crippen LogP contribution is -2.48. The zero-order valence-corrected chi connectivity index (χ0v) is 14.4. The molecule has 0 amide bonds. The van der Waals surface area contributed by atoms with E-state index in [9.17, 15) is 14.5 Å². The molecule has 1 unspecified atom stereocenters. The first-order valence-electron chi connectivity index (χ1n) is 8.72. The second-order valence-corrected chi connectivity index (χ2v) is 7.33. The fourth-order valence-corrected chi connectivity index (χ4v) is 4.70. The number of nitrogens with one attached hydrogen (secondary N) is 1. The minimum absolute atomic E-state index is 0.0893. The first-order chi connectivity index (χ1) is 11.9. The van der Waals surface area contributed by atoms with Gasteiger partial charge in [0.25, 0.3) is 0 Å². The normalized spacial score (nSPS) is 21.6. The highest BCUT2D eigenvalue weighted by molar-refractivity contribution is 5.74. The summed E-state index contributed by atoms with van der Waals surface area (Å²) in [5.41, 5.74) is 1.56. The van der Waals surface area contributed by atoms with Gasteiger partial charge in [-0.2, -0.15) is 4.98 Å². The molecule has 1 saturated carbocycles. The summed E-state index contributed by atoms with van der Waals surface area (Å²) < 4.78 is 13.8. The Hall–Kier alpha value is -2.44. The van der Waals surface area contributed by atoms with Crippen LogP contribution in [0.5, 0.6) is 0 Å². The molecule has 0 saturated heterocycles. The second kappa shape index (κ2) is 5.54. The summed E-state index contributed by atoms with van der Waals surface area (Å²) in [5.74, 6) is 0.703. The number of aromatic amines is 1. The lowest BCUT2D eigenvalue weighted by Gasteiger charge is -2.48. The number of aryl methyl sites for hydroxylation is 1. The van der Waals surface area contributed by atoms with Gasteiger partial charge in [-0.3, -0.25) is 0 Å². The third-order valence-corrected chi connectivity index (χ3v) is 5.64. The van der Waals surface area contributed by atoms with Gasteiger partial charge in [0.1, 0.15) is 5.82 Å². The third kappa shape index (κ3) is 2.41. The lowest BCUT2D eigenvalue weighted by atomic mass is 9.77. The average molecular weight is 344 g/mol. The number of hydrogen-bond acceptors (Lipinski definition) is 4. The van der Waals surface area contributed by atoms with E-state index in [2.05, 4.69) is 16.9 Å². The van der Waals surface area contributed by atoms with Gasteiger partial charge in [-0.05, 0) is 53.9 Å². The fourth-order valence-electron chi connectivity index (χ4n) is 4.70. The summed E-state index contributed by atoms with van der Waals surface area (Å²) >= 11 is 0.